The van der Waals surface area contributed by atoms with Crippen molar-refractivity contribution in [3.05, 3.63) is 64.4 Å². The van der Waals surface area contributed by atoms with Gasteiger partial charge in [0.05, 0.1) is 39.3 Å². The van der Waals surface area contributed by atoms with E-state index in [1.54, 1.807) is 18.3 Å². The average molecular weight is 514 g/mol. The SMILES string of the molecule is CC(C)N1CCN(CCNc2cnc3ccc(C(C=N)=C(N)c4cc(Cl)c(F)cc4F)nc3c2)CC1. The maximum absolute atomic E-state index is 14.4. The number of allylic oxidation sites excluding steroid dienone is 1. The predicted molar refractivity (Wildman–Crippen MR) is 142 cm³/mol. The predicted octanol–water partition coefficient (Wildman–Crippen LogP) is 4.48. The Hall–Kier alpha value is -3.14. The van der Waals surface area contributed by atoms with Gasteiger partial charge in [0.1, 0.15) is 11.6 Å². The summed E-state index contributed by atoms with van der Waals surface area (Å²) < 4.78 is 28.0. The molecule has 3 aromatic rings. The Morgan fingerprint density at radius 2 is 1.89 bits per heavy atom. The van der Waals surface area contributed by atoms with Crippen molar-refractivity contribution in [1.29, 1.82) is 5.41 Å². The highest BCUT2D eigenvalue weighted by molar-refractivity contribution is 6.31. The molecule has 0 spiro atoms. The number of pyridine rings is 2. The minimum atomic E-state index is -0.880. The van der Waals surface area contributed by atoms with Crippen molar-refractivity contribution in [1.82, 2.24) is 19.8 Å². The number of nitrogens with one attached hydrogen (secondary N) is 2. The molecule has 10 heteroatoms. The van der Waals surface area contributed by atoms with Crippen LogP contribution in [0, 0.1) is 17.0 Å². The lowest BCUT2D eigenvalue weighted by molar-refractivity contribution is 0.111. The topological polar surface area (TPSA) is 94.2 Å². The summed E-state index contributed by atoms with van der Waals surface area (Å²) in [4.78, 5) is 14.0. The van der Waals surface area contributed by atoms with Crippen LogP contribution in [0.4, 0.5) is 14.5 Å². The third-order valence-corrected chi connectivity index (χ3v) is 6.73. The zero-order valence-corrected chi connectivity index (χ0v) is 21.1. The zero-order valence-electron chi connectivity index (χ0n) is 20.4. The van der Waals surface area contributed by atoms with Gasteiger partial charge in [-0.2, -0.15) is 0 Å². The van der Waals surface area contributed by atoms with Crippen molar-refractivity contribution in [2.75, 3.05) is 44.6 Å². The molecule has 1 aromatic carbocycles. The number of hydrogen-bond donors (Lipinski definition) is 3. The largest absolute Gasteiger partial charge is 0.398 e. The second-order valence-corrected chi connectivity index (χ2v) is 9.48. The normalized spacial score (nSPS) is 15.8. The molecular formula is C26H30ClF2N7. The summed E-state index contributed by atoms with van der Waals surface area (Å²) >= 11 is 5.82. The van der Waals surface area contributed by atoms with Gasteiger partial charge in [-0.05, 0) is 38.1 Å². The van der Waals surface area contributed by atoms with Gasteiger partial charge >= 0.3 is 0 Å². The van der Waals surface area contributed by atoms with Gasteiger partial charge in [-0.3, -0.25) is 14.8 Å². The van der Waals surface area contributed by atoms with Gasteiger partial charge in [0.15, 0.2) is 0 Å². The van der Waals surface area contributed by atoms with Gasteiger partial charge in [0.25, 0.3) is 0 Å². The lowest BCUT2D eigenvalue weighted by Gasteiger charge is -2.36. The molecule has 7 nitrogen and oxygen atoms in total. The highest BCUT2D eigenvalue weighted by Gasteiger charge is 2.18. The Balaban J connectivity index is 1.50. The maximum Gasteiger partial charge on any atom is 0.144 e. The highest BCUT2D eigenvalue weighted by Crippen LogP contribution is 2.27. The van der Waals surface area contributed by atoms with Crippen molar-refractivity contribution in [3.63, 3.8) is 0 Å². The molecule has 0 bridgehead atoms. The summed E-state index contributed by atoms with van der Waals surface area (Å²) in [5.74, 6) is -1.75. The Labute approximate surface area is 214 Å². The minimum absolute atomic E-state index is 0.0592. The van der Waals surface area contributed by atoms with Gasteiger partial charge in [0, 0.05) is 68.7 Å². The van der Waals surface area contributed by atoms with E-state index in [4.69, 9.17) is 22.7 Å². The molecule has 1 saturated heterocycles. The van der Waals surface area contributed by atoms with E-state index < -0.39 is 11.6 Å². The molecule has 4 N–H and O–H groups in total. The summed E-state index contributed by atoms with van der Waals surface area (Å²) in [7, 11) is 0. The van der Waals surface area contributed by atoms with Crippen molar-refractivity contribution in [3.8, 4) is 0 Å². The number of nitrogens with zero attached hydrogens (tertiary/aromatic N) is 4. The summed E-state index contributed by atoms with van der Waals surface area (Å²) in [5.41, 5.74) is 8.69. The fraction of sp³-hybridized carbons (Fsp3) is 0.346. The molecule has 1 aliphatic heterocycles. The summed E-state index contributed by atoms with van der Waals surface area (Å²) in [5, 5.41) is 11.0. The third kappa shape index (κ3) is 5.80. The first kappa shape index (κ1) is 25.9. The second kappa shape index (κ2) is 11.3. The first-order chi connectivity index (χ1) is 17.3. The first-order valence-corrected chi connectivity index (χ1v) is 12.3. The van der Waals surface area contributed by atoms with E-state index in [1.807, 2.05) is 6.07 Å². The Morgan fingerprint density at radius 3 is 2.58 bits per heavy atom. The molecule has 1 aliphatic rings. The van der Waals surface area contributed by atoms with Gasteiger partial charge in [-0.15, -0.1) is 0 Å². The Morgan fingerprint density at radius 1 is 1.14 bits per heavy atom. The van der Waals surface area contributed by atoms with Gasteiger partial charge in [-0.1, -0.05) is 11.6 Å². The quantitative estimate of drug-likeness (QED) is 0.304. The van der Waals surface area contributed by atoms with Gasteiger partial charge in [0.2, 0.25) is 0 Å². The second-order valence-electron chi connectivity index (χ2n) is 9.07. The molecule has 190 valence electrons. The number of nitrogens with two attached hydrogens (primary N) is 1. The van der Waals surface area contributed by atoms with Crippen molar-refractivity contribution in [2.45, 2.75) is 19.9 Å². The highest BCUT2D eigenvalue weighted by atomic mass is 35.5. The molecule has 0 unspecified atom stereocenters. The van der Waals surface area contributed by atoms with Crippen molar-refractivity contribution in [2.24, 2.45) is 5.73 Å². The molecule has 0 saturated carbocycles. The van der Waals surface area contributed by atoms with Crippen molar-refractivity contribution < 1.29 is 8.78 Å². The Bertz CT molecular complexity index is 1290. The van der Waals surface area contributed by atoms with Crippen LogP contribution in [0.1, 0.15) is 25.1 Å². The van der Waals surface area contributed by atoms with Crippen molar-refractivity contribution >= 4 is 45.8 Å². The standard InChI is InChI=1S/C26H30ClF2N7/c1-16(2)36-9-7-35(8-10-36)6-5-32-17-11-25-24(33-15-17)4-3-23(34-25)19(14-30)26(31)18-12-20(27)22(29)13-21(18)28/h3-4,11-16,30,32H,5-10,31H2,1-2H3. The molecule has 0 radical (unpaired) electrons. The number of hydrogen-bond acceptors (Lipinski definition) is 7. The molecule has 3 heterocycles. The fourth-order valence-corrected chi connectivity index (χ4v) is 4.44. The zero-order chi connectivity index (χ0) is 25.8. The third-order valence-electron chi connectivity index (χ3n) is 6.44. The monoisotopic (exact) mass is 513 g/mol. The van der Waals surface area contributed by atoms with Crippen LogP contribution >= 0.6 is 11.6 Å². The lowest BCUT2D eigenvalue weighted by Crippen LogP contribution is -2.49. The van der Waals surface area contributed by atoms with Crippen LogP contribution < -0.4 is 11.1 Å². The molecule has 2 aromatic heterocycles. The molecule has 4 rings (SSSR count). The molecule has 1 fully saturated rings. The van der Waals surface area contributed by atoms with Crippen LogP contribution in [-0.4, -0.2) is 71.3 Å². The fourth-order valence-electron chi connectivity index (χ4n) is 4.28. The van der Waals surface area contributed by atoms with E-state index >= 15 is 0 Å². The van der Waals surface area contributed by atoms with E-state index in [0.29, 0.717) is 28.8 Å². The first-order valence-electron chi connectivity index (χ1n) is 11.9. The Kier molecular flexibility index (Phi) is 8.13. The number of rotatable bonds is 8. The average Bonchev–Trinajstić information content (AvgIpc) is 2.86. The van der Waals surface area contributed by atoms with Gasteiger partial charge < -0.3 is 16.5 Å². The summed E-state index contributed by atoms with van der Waals surface area (Å²) in [6.45, 7) is 10.5. The van der Waals surface area contributed by atoms with Crippen LogP contribution in [0.5, 0.6) is 0 Å². The lowest BCUT2D eigenvalue weighted by atomic mass is 10.0. The summed E-state index contributed by atoms with van der Waals surface area (Å²) in [6.07, 6.45) is 2.76. The van der Waals surface area contributed by atoms with Crippen LogP contribution in [0.2, 0.25) is 5.02 Å². The number of benzene rings is 1. The van der Waals surface area contributed by atoms with E-state index in [0.717, 1.165) is 57.2 Å². The number of anilines is 1. The summed E-state index contributed by atoms with van der Waals surface area (Å²) in [6, 6.07) is 7.67. The molecule has 36 heavy (non-hydrogen) atoms. The number of aromatic nitrogens is 2. The van der Waals surface area contributed by atoms with Gasteiger partial charge in [-0.25, -0.2) is 13.8 Å². The number of halogens is 3. The van der Waals surface area contributed by atoms with E-state index in [2.05, 4.69) is 38.9 Å². The van der Waals surface area contributed by atoms with Crippen LogP contribution in [0.15, 0.2) is 36.5 Å². The molecule has 0 atom stereocenters. The van der Waals surface area contributed by atoms with E-state index in [-0.39, 0.29) is 21.9 Å². The molecule has 0 amide bonds. The maximum atomic E-state index is 14.4. The number of piperazine rings is 1. The van der Waals surface area contributed by atoms with Crippen LogP contribution in [-0.2, 0) is 0 Å². The van der Waals surface area contributed by atoms with Crippen LogP contribution in [0.25, 0.3) is 22.3 Å². The number of fused-ring (bicyclic) bond motifs is 1. The smallest absolute Gasteiger partial charge is 0.144 e. The molecule has 0 aliphatic carbocycles. The van der Waals surface area contributed by atoms with Crippen LogP contribution in [0.3, 0.4) is 0 Å². The van der Waals surface area contributed by atoms with E-state index in [9.17, 15) is 8.78 Å². The molecular weight excluding hydrogens is 484 g/mol. The van der Waals surface area contributed by atoms with E-state index in [1.165, 1.54) is 0 Å². The minimum Gasteiger partial charge on any atom is -0.398 e.